The van der Waals surface area contributed by atoms with E-state index in [2.05, 4.69) is 11.8 Å². The minimum atomic E-state index is 0.568. The topological polar surface area (TPSA) is 0 Å². The molecule has 1 atom stereocenters. The van der Waals surface area contributed by atoms with Crippen molar-refractivity contribution in [1.82, 2.24) is 0 Å². The molecule has 32 valence electrons. The van der Waals surface area contributed by atoms with Gasteiger partial charge in [-0.3, -0.25) is 0 Å². The predicted molar refractivity (Wildman–Crippen MR) is 32.4 cm³/mol. The molecule has 1 aliphatic heterocycles. The Kier molecular flexibility index (Phi) is 2.46. The molecule has 1 rings (SSSR count). The van der Waals surface area contributed by atoms with E-state index in [1.807, 2.05) is 0 Å². The first-order valence-corrected chi connectivity index (χ1v) is 14.9. The molecule has 0 aromatic heterocycles. The molecule has 0 aromatic rings. The van der Waals surface area contributed by atoms with Gasteiger partial charge in [-0.2, -0.15) is 0 Å². The molecule has 0 aromatic carbocycles. The summed E-state index contributed by atoms with van der Waals surface area (Å²) in [6.07, 6.45) is 0. The molecule has 0 saturated carbocycles. The second-order valence-corrected chi connectivity index (χ2v) is 23.1. The number of hydrogen-bond donors (Lipinski definition) is 0. The van der Waals surface area contributed by atoms with Crippen LogP contribution < -0.4 is 0 Å². The minimum absolute atomic E-state index is 0.568. The Morgan fingerprint density at radius 2 is 2.67 bits per heavy atom. The van der Waals surface area contributed by atoms with Crippen molar-refractivity contribution in [3.63, 3.8) is 0 Å². The van der Waals surface area contributed by atoms with Crippen LogP contribution in [0.25, 0.3) is 0 Å². The molecule has 0 N–H and O–H groups in total. The third-order valence-electron chi connectivity index (χ3n) is 0.539. The van der Waals surface area contributed by atoms with E-state index >= 15 is 0 Å². The van der Waals surface area contributed by atoms with Crippen molar-refractivity contribution >= 4 is 37.9 Å². The van der Waals surface area contributed by atoms with Crippen LogP contribution >= 0.6 is 0 Å². The van der Waals surface area contributed by atoms with Gasteiger partial charge in [-0.15, -0.1) is 0 Å². The number of rotatable bonds is 0. The molecule has 0 bridgehead atoms. The van der Waals surface area contributed by atoms with Gasteiger partial charge in [0.1, 0.15) is 0 Å². The summed E-state index contributed by atoms with van der Waals surface area (Å²) in [6.45, 7) is 2.30. The second kappa shape index (κ2) is 2.66. The van der Waals surface area contributed by atoms with Gasteiger partial charge >= 0.3 is 54.0 Å². The molecule has 0 nitrogen and oxygen atoms in total. The summed E-state index contributed by atoms with van der Waals surface area (Å²) in [5.74, 6) is 0. The summed E-state index contributed by atoms with van der Waals surface area (Å²) in [5, 5.41) is 0. The van der Waals surface area contributed by atoms with Crippen LogP contribution in [0.3, 0.4) is 0 Å². The zero-order valence-electron chi connectivity index (χ0n) is 3.47. The van der Waals surface area contributed by atoms with Crippen molar-refractivity contribution in [1.29, 1.82) is 0 Å². The van der Waals surface area contributed by atoms with Crippen molar-refractivity contribution in [2.45, 2.75) is 6.92 Å². The molecule has 0 spiro atoms. The molecule has 0 radical (unpaired) electrons. The van der Waals surface area contributed by atoms with Gasteiger partial charge in [0.15, 0.2) is 0 Å². The fraction of sp³-hybridized carbons (Fsp3) is 0.333. The van der Waals surface area contributed by atoms with Gasteiger partial charge in [-0.25, -0.2) is 0 Å². The standard InChI is InChI=1S/C3H5As3/c1-3-2-4-6-5-3/h2,4H,1H3. The van der Waals surface area contributed by atoms with Crippen LogP contribution in [0.2, 0.25) is 0 Å². The Hall–Kier alpha value is 1.42. The van der Waals surface area contributed by atoms with Crippen LogP contribution in [0, 0.1) is 0 Å². The van der Waals surface area contributed by atoms with Crippen molar-refractivity contribution < 1.29 is 0 Å². The summed E-state index contributed by atoms with van der Waals surface area (Å²) < 4.78 is 1.77. The molecule has 6 heavy (non-hydrogen) atoms. The van der Waals surface area contributed by atoms with E-state index in [1.165, 1.54) is 0 Å². The van der Waals surface area contributed by atoms with Crippen LogP contribution in [-0.2, 0) is 0 Å². The first kappa shape index (κ1) is 5.55. The van der Waals surface area contributed by atoms with E-state index in [4.69, 9.17) is 0 Å². The van der Waals surface area contributed by atoms with E-state index < -0.39 is 0 Å². The van der Waals surface area contributed by atoms with Crippen LogP contribution in [0.5, 0.6) is 0 Å². The Labute approximate surface area is 53.7 Å². The average molecular weight is 266 g/mol. The fourth-order valence-corrected chi connectivity index (χ4v) is 29.0. The maximum atomic E-state index is 2.53. The van der Waals surface area contributed by atoms with E-state index in [-0.39, 0.29) is 0 Å². The first-order chi connectivity index (χ1) is 2.89. The van der Waals surface area contributed by atoms with Crippen LogP contribution in [0.4, 0.5) is 0 Å². The molecule has 1 unspecified atom stereocenters. The van der Waals surface area contributed by atoms with Crippen LogP contribution in [-0.4, -0.2) is 37.9 Å². The Bertz CT molecular complexity index is 99.9. The van der Waals surface area contributed by atoms with Gasteiger partial charge in [-0.05, 0) is 0 Å². The zero-order valence-corrected chi connectivity index (χ0v) is 9.32. The quantitative estimate of drug-likeness (QED) is 0.520. The molecule has 1 aliphatic rings. The molecule has 0 aliphatic carbocycles. The van der Waals surface area contributed by atoms with Gasteiger partial charge in [0.2, 0.25) is 0 Å². The number of allylic oxidation sites excluding steroid dienone is 1. The molecule has 0 fully saturated rings. The molecule has 0 amide bonds. The van der Waals surface area contributed by atoms with E-state index in [0.29, 0.717) is 13.7 Å². The molecular weight excluding hydrogens is 261 g/mol. The van der Waals surface area contributed by atoms with E-state index in [0.717, 1.165) is 24.2 Å². The van der Waals surface area contributed by atoms with Crippen molar-refractivity contribution in [3.8, 4) is 0 Å². The Morgan fingerprint density at radius 1 is 1.83 bits per heavy atom. The van der Waals surface area contributed by atoms with Gasteiger partial charge in [0.05, 0.1) is 0 Å². The summed E-state index contributed by atoms with van der Waals surface area (Å²) in [4.78, 5) is 2.53. The van der Waals surface area contributed by atoms with E-state index in [1.54, 1.807) is 4.36 Å². The monoisotopic (exact) mass is 266 g/mol. The molecule has 0 saturated heterocycles. The summed E-state index contributed by atoms with van der Waals surface area (Å²) >= 11 is 2.32. The predicted octanol–water partition coefficient (Wildman–Crippen LogP) is -0.464. The van der Waals surface area contributed by atoms with Gasteiger partial charge < -0.3 is 0 Å². The second-order valence-electron chi connectivity index (χ2n) is 1.11. The first-order valence-electron chi connectivity index (χ1n) is 1.72. The number of hydrogen-bond acceptors (Lipinski definition) is 0. The molecular formula is C3H5As3. The third kappa shape index (κ3) is 1.49. The average Bonchev–Trinajstić information content (AvgIpc) is 1.86. The summed E-state index contributed by atoms with van der Waals surface area (Å²) in [6, 6.07) is 0. The van der Waals surface area contributed by atoms with Gasteiger partial charge in [0.25, 0.3) is 0 Å². The normalized spacial score (nSPS) is 27.8. The Morgan fingerprint density at radius 3 is 2.83 bits per heavy atom. The molecule has 1 heterocycles. The van der Waals surface area contributed by atoms with Crippen LogP contribution in [0.15, 0.2) is 9.22 Å². The summed E-state index contributed by atoms with van der Waals surface area (Å²) in [7, 11) is 0. The zero-order chi connectivity index (χ0) is 4.41. The third-order valence-corrected chi connectivity index (χ3v) is 23.6. The Balaban J connectivity index is 2.68. The molecule has 3 heteroatoms. The van der Waals surface area contributed by atoms with Gasteiger partial charge in [0, 0.05) is 0 Å². The van der Waals surface area contributed by atoms with Crippen molar-refractivity contribution in [2.24, 2.45) is 0 Å². The van der Waals surface area contributed by atoms with Crippen molar-refractivity contribution in [3.05, 3.63) is 9.22 Å². The van der Waals surface area contributed by atoms with E-state index in [9.17, 15) is 0 Å². The van der Waals surface area contributed by atoms with Gasteiger partial charge in [-0.1, -0.05) is 0 Å². The van der Waals surface area contributed by atoms with Crippen LogP contribution in [0.1, 0.15) is 6.92 Å². The van der Waals surface area contributed by atoms with Crippen molar-refractivity contribution in [2.75, 3.05) is 0 Å². The maximum absolute atomic E-state index is 2.53. The summed E-state index contributed by atoms with van der Waals surface area (Å²) in [5.41, 5.74) is 0. The fourth-order valence-electron chi connectivity index (χ4n) is 0.259. The SMILES string of the molecule is CC1=C[AsH][As]=[As]1.